The van der Waals surface area contributed by atoms with Gasteiger partial charge in [0.25, 0.3) is 0 Å². The van der Waals surface area contributed by atoms with Crippen LogP contribution in [0.5, 0.6) is 0 Å². The maximum atomic E-state index is 11.7. The van der Waals surface area contributed by atoms with E-state index >= 15 is 0 Å². The summed E-state index contributed by atoms with van der Waals surface area (Å²) in [5.74, 6) is -0.371. The Morgan fingerprint density at radius 1 is 1.38 bits per heavy atom. The number of nitrogens with one attached hydrogen (secondary N) is 1. The molecule has 1 aromatic heterocycles. The van der Waals surface area contributed by atoms with Gasteiger partial charge in [-0.1, -0.05) is 18.2 Å². The maximum absolute atomic E-state index is 11.7. The zero-order valence-corrected chi connectivity index (χ0v) is 12.2. The average molecular weight is 290 g/mol. The molecule has 0 spiro atoms. The summed E-state index contributed by atoms with van der Waals surface area (Å²) < 4.78 is 6.00. The zero-order valence-electron chi connectivity index (χ0n) is 12.2. The van der Waals surface area contributed by atoms with E-state index in [1.165, 1.54) is 11.7 Å². The highest BCUT2D eigenvalue weighted by atomic mass is 16.5. The quantitative estimate of drug-likeness (QED) is 0.839. The van der Waals surface area contributed by atoms with Gasteiger partial charge in [-0.05, 0) is 25.6 Å². The number of likely N-dealkylation sites (N-methyl/N-ethyl adjacent to an activating group) is 1. The largest absolute Gasteiger partial charge is 0.468 e. The molecule has 2 N–H and O–H groups in total. The fourth-order valence-electron chi connectivity index (χ4n) is 2.59. The Bertz CT molecular complexity index is 690. The topological polar surface area (TPSA) is 80.6 Å². The normalized spacial score (nSPS) is 12.3. The van der Waals surface area contributed by atoms with Crippen LogP contribution in [-0.2, 0) is 16.0 Å². The van der Waals surface area contributed by atoms with E-state index in [9.17, 15) is 14.7 Å². The van der Waals surface area contributed by atoms with Gasteiger partial charge < -0.3 is 15.2 Å². The molecular formula is C15H18N2O4. The first-order valence-corrected chi connectivity index (χ1v) is 6.58. The lowest BCUT2D eigenvalue weighted by molar-refractivity contribution is -0.142. The summed E-state index contributed by atoms with van der Waals surface area (Å²) in [6.07, 6.45) is -0.662. The number of carbonyl (C=O) groups excluding carboxylic acids is 1. The van der Waals surface area contributed by atoms with E-state index < -0.39 is 12.1 Å². The number of nitrogens with zero attached hydrogens (tertiary/aromatic N) is 1. The summed E-state index contributed by atoms with van der Waals surface area (Å²) in [4.78, 5) is 23.2. The number of para-hydroxylation sites is 1. The van der Waals surface area contributed by atoms with Crippen LogP contribution in [0, 0.1) is 6.92 Å². The Hall–Kier alpha value is -2.34. The molecule has 0 saturated heterocycles. The Morgan fingerprint density at radius 2 is 2.05 bits per heavy atom. The molecular weight excluding hydrogens is 272 g/mol. The van der Waals surface area contributed by atoms with Gasteiger partial charge in [0.15, 0.2) is 0 Å². The highest BCUT2D eigenvalue weighted by Gasteiger charge is 2.23. The molecule has 0 unspecified atom stereocenters. The molecule has 21 heavy (non-hydrogen) atoms. The molecule has 112 valence electrons. The third-order valence-electron chi connectivity index (χ3n) is 3.68. The Morgan fingerprint density at radius 3 is 2.62 bits per heavy atom. The van der Waals surface area contributed by atoms with Crippen LogP contribution < -0.4 is 5.32 Å². The van der Waals surface area contributed by atoms with Crippen LogP contribution in [0.15, 0.2) is 24.3 Å². The number of hydrogen-bond acceptors (Lipinski definition) is 4. The first kappa shape index (κ1) is 15.1. The molecule has 0 aliphatic heterocycles. The van der Waals surface area contributed by atoms with E-state index in [0.29, 0.717) is 17.6 Å². The second kappa shape index (κ2) is 5.97. The minimum atomic E-state index is -1.03. The van der Waals surface area contributed by atoms with Crippen LogP contribution >= 0.6 is 0 Å². The number of benzene rings is 1. The lowest BCUT2D eigenvalue weighted by Gasteiger charge is -2.13. The van der Waals surface area contributed by atoms with E-state index in [0.717, 1.165) is 10.9 Å². The molecule has 2 aromatic rings. The predicted molar refractivity (Wildman–Crippen MR) is 78.7 cm³/mol. The van der Waals surface area contributed by atoms with Gasteiger partial charge in [-0.2, -0.15) is 0 Å². The Balaban J connectivity index is 2.56. The van der Waals surface area contributed by atoms with Crippen LogP contribution in [0.2, 0.25) is 0 Å². The molecule has 0 radical (unpaired) electrons. The number of esters is 1. The molecule has 1 atom stereocenters. The van der Waals surface area contributed by atoms with Gasteiger partial charge in [0.2, 0.25) is 0 Å². The standard InChI is InChI=1S/C15H18N2O4/c1-9-11(8-12(16-2)14(18)21-3)10-6-4-5-7-13(10)17(9)15(19)20/h4-7,12,16H,8H2,1-3H3,(H,19,20)/t12-/m0/s1. The number of hydrogen-bond donors (Lipinski definition) is 2. The molecule has 2 rings (SSSR count). The number of methoxy groups -OCH3 is 1. The van der Waals surface area contributed by atoms with Crippen LogP contribution in [-0.4, -0.2) is 41.9 Å². The van der Waals surface area contributed by atoms with Crippen LogP contribution in [0.3, 0.4) is 0 Å². The summed E-state index contributed by atoms with van der Waals surface area (Å²) in [7, 11) is 3.01. The minimum Gasteiger partial charge on any atom is -0.468 e. The smallest absolute Gasteiger partial charge is 0.416 e. The zero-order chi connectivity index (χ0) is 15.6. The lowest BCUT2D eigenvalue weighted by atomic mass is 10.0. The van der Waals surface area contributed by atoms with Crippen molar-refractivity contribution in [3.8, 4) is 0 Å². The van der Waals surface area contributed by atoms with E-state index in [2.05, 4.69) is 5.32 Å². The van der Waals surface area contributed by atoms with Gasteiger partial charge in [-0.25, -0.2) is 9.36 Å². The van der Waals surface area contributed by atoms with Crippen molar-refractivity contribution in [2.45, 2.75) is 19.4 Å². The minimum absolute atomic E-state index is 0.371. The first-order chi connectivity index (χ1) is 10.0. The van der Waals surface area contributed by atoms with Crippen molar-refractivity contribution in [1.82, 2.24) is 9.88 Å². The van der Waals surface area contributed by atoms with Crippen molar-refractivity contribution in [2.75, 3.05) is 14.2 Å². The van der Waals surface area contributed by atoms with Crippen molar-refractivity contribution < 1.29 is 19.4 Å². The highest BCUT2D eigenvalue weighted by molar-refractivity contribution is 5.93. The van der Waals surface area contributed by atoms with E-state index in [1.807, 2.05) is 12.1 Å². The lowest BCUT2D eigenvalue weighted by Crippen LogP contribution is -2.37. The van der Waals surface area contributed by atoms with E-state index in [4.69, 9.17) is 4.74 Å². The second-order valence-electron chi connectivity index (χ2n) is 4.77. The van der Waals surface area contributed by atoms with Crippen molar-refractivity contribution in [1.29, 1.82) is 0 Å². The molecule has 0 aliphatic rings. The van der Waals surface area contributed by atoms with Gasteiger partial charge in [0, 0.05) is 17.5 Å². The van der Waals surface area contributed by atoms with Crippen molar-refractivity contribution in [2.24, 2.45) is 0 Å². The first-order valence-electron chi connectivity index (χ1n) is 6.58. The number of carboxylic acid groups (broad SMARTS) is 1. The molecule has 1 aromatic carbocycles. The van der Waals surface area contributed by atoms with Gasteiger partial charge in [0.1, 0.15) is 6.04 Å². The van der Waals surface area contributed by atoms with Crippen LogP contribution in [0.1, 0.15) is 11.3 Å². The summed E-state index contributed by atoms with van der Waals surface area (Å²) in [5, 5.41) is 13.1. The Kier molecular flexibility index (Phi) is 4.28. The van der Waals surface area contributed by atoms with Gasteiger partial charge in [0.05, 0.1) is 12.6 Å². The third kappa shape index (κ3) is 2.62. The summed E-state index contributed by atoms with van der Waals surface area (Å²) in [5.41, 5.74) is 2.07. The average Bonchev–Trinajstić information content (AvgIpc) is 2.76. The van der Waals surface area contributed by atoms with E-state index in [1.54, 1.807) is 26.1 Å². The summed E-state index contributed by atoms with van der Waals surface area (Å²) >= 11 is 0. The number of carbonyl (C=O) groups is 2. The molecule has 0 amide bonds. The molecule has 6 nitrogen and oxygen atoms in total. The highest BCUT2D eigenvalue weighted by Crippen LogP contribution is 2.27. The predicted octanol–water partition coefficient (Wildman–Crippen LogP) is 1.78. The molecule has 0 bridgehead atoms. The maximum Gasteiger partial charge on any atom is 0.416 e. The number of ether oxygens (including phenoxy) is 1. The second-order valence-corrected chi connectivity index (χ2v) is 4.77. The van der Waals surface area contributed by atoms with Crippen molar-refractivity contribution in [3.05, 3.63) is 35.5 Å². The molecule has 0 fully saturated rings. The van der Waals surface area contributed by atoms with Gasteiger partial charge >= 0.3 is 12.1 Å². The van der Waals surface area contributed by atoms with Crippen LogP contribution in [0.4, 0.5) is 4.79 Å². The Labute approximate surface area is 122 Å². The molecule has 0 saturated carbocycles. The number of rotatable bonds is 4. The number of aromatic nitrogens is 1. The van der Waals surface area contributed by atoms with Gasteiger partial charge in [-0.15, -0.1) is 0 Å². The van der Waals surface area contributed by atoms with Crippen molar-refractivity contribution >= 4 is 23.0 Å². The van der Waals surface area contributed by atoms with Crippen molar-refractivity contribution in [3.63, 3.8) is 0 Å². The van der Waals surface area contributed by atoms with E-state index in [-0.39, 0.29) is 5.97 Å². The molecule has 0 aliphatic carbocycles. The SMILES string of the molecule is CN[C@@H](Cc1c(C)n(C(=O)O)c2ccccc12)C(=O)OC. The molecule has 1 heterocycles. The third-order valence-corrected chi connectivity index (χ3v) is 3.68. The fourth-order valence-corrected chi connectivity index (χ4v) is 2.59. The molecule has 6 heteroatoms. The monoisotopic (exact) mass is 290 g/mol. The van der Waals surface area contributed by atoms with Crippen LogP contribution in [0.25, 0.3) is 10.9 Å². The fraction of sp³-hybridized carbons (Fsp3) is 0.333. The summed E-state index contributed by atoms with van der Waals surface area (Å²) in [6.45, 7) is 1.74. The summed E-state index contributed by atoms with van der Waals surface area (Å²) in [6, 6.07) is 6.75. The number of fused-ring (bicyclic) bond motifs is 1. The van der Waals surface area contributed by atoms with Gasteiger partial charge in [-0.3, -0.25) is 4.79 Å².